The Kier molecular flexibility index (Phi) is 3.66. The lowest BCUT2D eigenvalue weighted by Gasteiger charge is -1.94. The second-order valence-corrected chi connectivity index (χ2v) is 3.60. The van der Waals surface area contributed by atoms with Gasteiger partial charge in [0.05, 0.1) is 13.5 Å². The summed E-state index contributed by atoms with van der Waals surface area (Å²) in [5.74, 6) is -0.0945. The van der Waals surface area contributed by atoms with Gasteiger partial charge in [-0.1, -0.05) is 17.3 Å². The van der Waals surface area contributed by atoms with Gasteiger partial charge in [0.2, 0.25) is 11.7 Å². The zero-order valence-corrected chi connectivity index (χ0v) is 9.72. The molecule has 1 aromatic carbocycles. The molecule has 0 aliphatic carbocycles. The number of hydrogen-bond acceptors (Lipinski definition) is 5. The van der Waals surface area contributed by atoms with Crippen molar-refractivity contribution in [3.8, 4) is 11.4 Å². The molecule has 94 valence electrons. The zero-order valence-electron chi connectivity index (χ0n) is 9.72. The summed E-state index contributed by atoms with van der Waals surface area (Å²) in [6.07, 6.45) is 0.469. The van der Waals surface area contributed by atoms with E-state index >= 15 is 0 Å². The molecule has 0 saturated carbocycles. The van der Waals surface area contributed by atoms with Crippen LogP contribution in [-0.2, 0) is 16.0 Å². The molecular weight excluding hydrogens is 239 g/mol. The van der Waals surface area contributed by atoms with E-state index in [0.29, 0.717) is 23.7 Å². The van der Waals surface area contributed by atoms with Crippen molar-refractivity contribution in [1.82, 2.24) is 10.1 Å². The van der Waals surface area contributed by atoms with Gasteiger partial charge in [0, 0.05) is 12.0 Å². The van der Waals surface area contributed by atoms with Crippen LogP contribution in [-0.4, -0.2) is 23.2 Å². The summed E-state index contributed by atoms with van der Waals surface area (Å²) >= 11 is 0. The highest BCUT2D eigenvalue weighted by Gasteiger charge is 2.11. The van der Waals surface area contributed by atoms with Crippen molar-refractivity contribution in [3.63, 3.8) is 0 Å². The summed E-state index contributed by atoms with van der Waals surface area (Å²) in [6, 6.07) is 5.89. The molecule has 0 radical (unpaired) electrons. The minimum atomic E-state index is -0.367. The van der Waals surface area contributed by atoms with Crippen LogP contribution in [0.4, 0.5) is 4.39 Å². The van der Waals surface area contributed by atoms with Crippen LogP contribution >= 0.6 is 0 Å². The number of aromatic nitrogens is 2. The largest absolute Gasteiger partial charge is 0.469 e. The van der Waals surface area contributed by atoms with E-state index in [0.717, 1.165) is 0 Å². The van der Waals surface area contributed by atoms with Crippen molar-refractivity contribution in [2.75, 3.05) is 7.11 Å². The van der Waals surface area contributed by atoms with E-state index in [9.17, 15) is 9.18 Å². The third kappa shape index (κ3) is 2.91. The predicted molar refractivity (Wildman–Crippen MR) is 60.0 cm³/mol. The van der Waals surface area contributed by atoms with E-state index < -0.39 is 0 Å². The lowest BCUT2D eigenvalue weighted by molar-refractivity contribution is -0.140. The van der Waals surface area contributed by atoms with Crippen molar-refractivity contribution >= 4 is 5.97 Å². The van der Waals surface area contributed by atoms with Crippen molar-refractivity contribution < 1.29 is 18.4 Å². The van der Waals surface area contributed by atoms with Crippen LogP contribution in [0.5, 0.6) is 0 Å². The molecule has 18 heavy (non-hydrogen) atoms. The highest BCUT2D eigenvalue weighted by molar-refractivity contribution is 5.69. The fourth-order valence-corrected chi connectivity index (χ4v) is 1.41. The summed E-state index contributed by atoms with van der Waals surface area (Å²) in [5, 5.41) is 3.73. The van der Waals surface area contributed by atoms with E-state index in [1.165, 1.54) is 19.2 Å². The number of hydrogen-bond donors (Lipinski definition) is 0. The predicted octanol–water partition coefficient (Wildman–Crippen LogP) is 1.98. The average molecular weight is 250 g/mol. The summed E-state index contributed by atoms with van der Waals surface area (Å²) in [4.78, 5) is 15.0. The van der Waals surface area contributed by atoms with Crippen molar-refractivity contribution in [2.24, 2.45) is 0 Å². The summed E-state index contributed by atoms with van der Waals surface area (Å²) in [7, 11) is 1.31. The highest BCUT2D eigenvalue weighted by atomic mass is 19.1. The number of rotatable bonds is 4. The zero-order chi connectivity index (χ0) is 13.0. The second kappa shape index (κ2) is 5.39. The molecule has 0 bridgehead atoms. The molecule has 2 aromatic rings. The molecule has 0 aliphatic heterocycles. The third-order valence-corrected chi connectivity index (χ3v) is 2.32. The number of carbonyl (C=O) groups is 1. The smallest absolute Gasteiger partial charge is 0.306 e. The van der Waals surface area contributed by atoms with E-state index in [1.54, 1.807) is 12.1 Å². The van der Waals surface area contributed by atoms with Gasteiger partial charge in [-0.2, -0.15) is 4.98 Å². The molecule has 6 heteroatoms. The highest BCUT2D eigenvalue weighted by Crippen LogP contribution is 2.17. The summed E-state index contributed by atoms with van der Waals surface area (Å²) in [5.41, 5.74) is 0.531. The molecule has 0 spiro atoms. The topological polar surface area (TPSA) is 65.2 Å². The van der Waals surface area contributed by atoms with Gasteiger partial charge in [0.25, 0.3) is 0 Å². The number of esters is 1. The normalized spacial score (nSPS) is 10.3. The van der Waals surface area contributed by atoms with Gasteiger partial charge in [0.15, 0.2) is 0 Å². The van der Waals surface area contributed by atoms with Crippen LogP contribution in [0.3, 0.4) is 0 Å². The van der Waals surface area contributed by atoms with Crippen molar-refractivity contribution in [3.05, 3.63) is 36.0 Å². The summed E-state index contributed by atoms with van der Waals surface area (Å²) in [6.45, 7) is 0. The average Bonchev–Trinajstić information content (AvgIpc) is 2.84. The van der Waals surface area contributed by atoms with Crippen LogP contribution in [0, 0.1) is 5.82 Å². The fourth-order valence-electron chi connectivity index (χ4n) is 1.41. The van der Waals surface area contributed by atoms with Crippen LogP contribution in [0.25, 0.3) is 11.4 Å². The number of ether oxygens (including phenoxy) is 1. The van der Waals surface area contributed by atoms with Crippen LogP contribution in [0.15, 0.2) is 28.8 Å². The van der Waals surface area contributed by atoms with Crippen LogP contribution in [0.1, 0.15) is 12.3 Å². The van der Waals surface area contributed by atoms with Crippen molar-refractivity contribution in [2.45, 2.75) is 12.8 Å². The first-order chi connectivity index (χ1) is 8.69. The van der Waals surface area contributed by atoms with E-state index in [1.807, 2.05) is 0 Å². The molecule has 2 rings (SSSR count). The third-order valence-electron chi connectivity index (χ3n) is 2.32. The Morgan fingerprint density at radius 2 is 2.33 bits per heavy atom. The Hall–Kier alpha value is -2.24. The SMILES string of the molecule is COC(=O)CCc1nc(-c2cccc(F)c2)no1. The standard InChI is InChI=1S/C12H11FN2O3/c1-17-11(16)6-5-10-14-12(15-18-10)8-3-2-4-9(13)7-8/h2-4,7H,5-6H2,1H3. The molecule has 1 heterocycles. The Balaban J connectivity index is 2.08. The first kappa shape index (κ1) is 12.2. The lowest BCUT2D eigenvalue weighted by atomic mass is 10.2. The molecule has 0 saturated heterocycles. The maximum absolute atomic E-state index is 13.0. The lowest BCUT2D eigenvalue weighted by Crippen LogP contribution is -2.01. The fraction of sp³-hybridized carbons (Fsp3) is 0.250. The first-order valence-electron chi connectivity index (χ1n) is 5.34. The minimum absolute atomic E-state index is 0.168. The molecular formula is C12H11FN2O3. The number of methoxy groups -OCH3 is 1. The number of halogens is 1. The van der Waals surface area contributed by atoms with Gasteiger partial charge in [-0.25, -0.2) is 4.39 Å². The number of aryl methyl sites for hydroxylation is 1. The van der Waals surface area contributed by atoms with Gasteiger partial charge in [-0.3, -0.25) is 4.79 Å². The van der Waals surface area contributed by atoms with Gasteiger partial charge >= 0.3 is 5.97 Å². The maximum atomic E-state index is 13.0. The molecule has 0 atom stereocenters. The minimum Gasteiger partial charge on any atom is -0.469 e. The van der Waals surface area contributed by atoms with Gasteiger partial charge < -0.3 is 9.26 Å². The van der Waals surface area contributed by atoms with Gasteiger partial charge in [0.1, 0.15) is 5.82 Å². The Morgan fingerprint density at radius 1 is 1.50 bits per heavy atom. The van der Waals surface area contributed by atoms with Crippen LogP contribution < -0.4 is 0 Å². The quantitative estimate of drug-likeness (QED) is 0.776. The number of nitrogens with zero attached hydrogens (tertiary/aromatic N) is 2. The molecule has 0 unspecified atom stereocenters. The molecule has 0 amide bonds. The molecule has 5 nitrogen and oxygen atoms in total. The van der Waals surface area contributed by atoms with E-state index in [-0.39, 0.29) is 18.2 Å². The Labute approximate surface area is 103 Å². The Morgan fingerprint density at radius 3 is 3.06 bits per heavy atom. The Bertz CT molecular complexity index is 554. The summed E-state index contributed by atoms with van der Waals surface area (Å²) < 4.78 is 22.5. The van der Waals surface area contributed by atoms with E-state index in [2.05, 4.69) is 14.9 Å². The number of benzene rings is 1. The van der Waals surface area contributed by atoms with Crippen molar-refractivity contribution in [1.29, 1.82) is 0 Å². The van der Waals surface area contributed by atoms with Crippen LogP contribution in [0.2, 0.25) is 0 Å². The monoisotopic (exact) mass is 250 g/mol. The number of carbonyl (C=O) groups excluding carboxylic acids is 1. The first-order valence-corrected chi connectivity index (χ1v) is 5.34. The van der Waals surface area contributed by atoms with Gasteiger partial charge in [-0.15, -0.1) is 0 Å². The molecule has 0 aliphatic rings. The van der Waals surface area contributed by atoms with Gasteiger partial charge in [-0.05, 0) is 12.1 Å². The maximum Gasteiger partial charge on any atom is 0.306 e. The second-order valence-electron chi connectivity index (χ2n) is 3.60. The molecule has 0 N–H and O–H groups in total. The molecule has 1 aromatic heterocycles. The molecule has 0 fully saturated rings. The van der Waals surface area contributed by atoms with E-state index in [4.69, 9.17) is 4.52 Å².